The molecule has 1 aromatic rings. The number of unbranched alkanes of at least 4 members (excludes halogenated alkanes) is 1. The Balaban J connectivity index is 1.87. The molecule has 0 saturated heterocycles. The summed E-state index contributed by atoms with van der Waals surface area (Å²) < 4.78 is 0. The molecule has 1 aliphatic rings. The van der Waals surface area contributed by atoms with E-state index in [1.54, 1.807) is 0 Å². The Kier molecular flexibility index (Phi) is 7.11. The minimum atomic E-state index is 0.391. The van der Waals surface area contributed by atoms with Gasteiger partial charge < -0.3 is 5.32 Å². The van der Waals surface area contributed by atoms with Crippen molar-refractivity contribution >= 4 is 11.3 Å². The molecule has 21 heavy (non-hydrogen) atoms. The highest BCUT2D eigenvalue weighted by Crippen LogP contribution is 2.39. The normalized spacial score (nSPS) is 24.1. The van der Waals surface area contributed by atoms with E-state index in [0.29, 0.717) is 12.0 Å². The van der Waals surface area contributed by atoms with Crippen molar-refractivity contribution in [3.63, 3.8) is 0 Å². The average Bonchev–Trinajstić information content (AvgIpc) is 3.00. The van der Waals surface area contributed by atoms with Crippen molar-refractivity contribution in [1.82, 2.24) is 15.5 Å². The largest absolute Gasteiger partial charge is 0.308 e. The molecule has 1 N–H and O–H groups in total. The molecule has 1 atom stereocenters. The quantitative estimate of drug-likeness (QED) is 0.729. The van der Waals surface area contributed by atoms with E-state index >= 15 is 0 Å². The van der Waals surface area contributed by atoms with Crippen molar-refractivity contribution in [2.45, 2.75) is 84.1 Å². The second kappa shape index (κ2) is 8.84. The lowest BCUT2D eigenvalue weighted by atomic mass is 9.80. The zero-order chi connectivity index (χ0) is 15.1. The van der Waals surface area contributed by atoms with Gasteiger partial charge in [-0.15, -0.1) is 10.2 Å². The van der Waals surface area contributed by atoms with Gasteiger partial charge in [0.1, 0.15) is 10.0 Å². The molecule has 1 aromatic heterocycles. The smallest absolute Gasteiger partial charge is 0.134 e. The predicted octanol–water partition coefficient (Wildman–Crippen LogP) is 5.06. The number of nitrogens with zero attached hydrogens (tertiary/aromatic N) is 2. The van der Waals surface area contributed by atoms with Gasteiger partial charge in [-0.05, 0) is 44.6 Å². The fraction of sp³-hybridized carbons (Fsp3) is 0.882. The van der Waals surface area contributed by atoms with Gasteiger partial charge in [0.25, 0.3) is 0 Å². The maximum Gasteiger partial charge on any atom is 0.134 e. The molecule has 120 valence electrons. The Hall–Kier alpha value is -0.480. The first kappa shape index (κ1) is 16.9. The summed E-state index contributed by atoms with van der Waals surface area (Å²) >= 11 is 1.85. The lowest BCUT2D eigenvalue weighted by Crippen LogP contribution is -2.19. The highest BCUT2D eigenvalue weighted by Gasteiger charge is 2.25. The maximum atomic E-state index is 4.51. The first-order chi connectivity index (χ1) is 10.3. The van der Waals surface area contributed by atoms with Crippen LogP contribution in [-0.2, 0) is 0 Å². The first-order valence-electron chi connectivity index (χ1n) is 8.85. The van der Waals surface area contributed by atoms with Crippen LogP contribution in [-0.4, -0.2) is 16.7 Å². The van der Waals surface area contributed by atoms with Gasteiger partial charge in [0.05, 0.1) is 6.04 Å². The van der Waals surface area contributed by atoms with Crippen LogP contribution in [0.2, 0.25) is 0 Å². The Morgan fingerprint density at radius 3 is 2.52 bits per heavy atom. The van der Waals surface area contributed by atoms with E-state index in [-0.39, 0.29) is 0 Å². The summed E-state index contributed by atoms with van der Waals surface area (Å²) in [6, 6.07) is 0.391. The zero-order valence-corrected chi connectivity index (χ0v) is 14.7. The summed E-state index contributed by atoms with van der Waals surface area (Å²) in [4.78, 5) is 0. The van der Waals surface area contributed by atoms with Gasteiger partial charge in [-0.1, -0.05) is 51.4 Å². The minimum absolute atomic E-state index is 0.391. The summed E-state index contributed by atoms with van der Waals surface area (Å²) in [6.45, 7) is 7.66. The molecule has 1 unspecified atom stereocenters. The van der Waals surface area contributed by atoms with Crippen LogP contribution in [0.1, 0.15) is 94.1 Å². The molecule has 0 amide bonds. The van der Waals surface area contributed by atoms with Crippen LogP contribution in [0, 0.1) is 5.92 Å². The zero-order valence-electron chi connectivity index (χ0n) is 13.9. The van der Waals surface area contributed by atoms with E-state index < -0.39 is 0 Å². The summed E-state index contributed by atoms with van der Waals surface area (Å²) in [6.07, 6.45) is 10.7. The third kappa shape index (κ3) is 4.75. The van der Waals surface area contributed by atoms with Gasteiger partial charge in [-0.2, -0.15) is 0 Å². The molecular weight excluding hydrogens is 278 g/mol. The monoisotopic (exact) mass is 309 g/mol. The molecule has 0 spiro atoms. The Morgan fingerprint density at radius 2 is 1.90 bits per heavy atom. The highest BCUT2D eigenvalue weighted by atomic mass is 32.1. The standard InChI is InChI=1S/C17H31N3S/c1-4-7-8-13-9-11-14(12-10-13)16-19-20-17(21-16)15(5-2)18-6-3/h13-15,18H,4-12H2,1-3H3. The summed E-state index contributed by atoms with van der Waals surface area (Å²) in [5.74, 6) is 1.65. The molecular formula is C17H31N3S. The third-order valence-corrected chi connectivity index (χ3v) is 5.97. The van der Waals surface area contributed by atoms with Crippen LogP contribution in [0.3, 0.4) is 0 Å². The Bertz CT molecular complexity index is 396. The van der Waals surface area contributed by atoms with E-state index in [1.807, 2.05) is 11.3 Å². The van der Waals surface area contributed by atoms with Crippen LogP contribution >= 0.6 is 11.3 Å². The van der Waals surface area contributed by atoms with Gasteiger partial charge in [0.2, 0.25) is 0 Å². The lowest BCUT2D eigenvalue weighted by molar-refractivity contribution is 0.303. The van der Waals surface area contributed by atoms with Crippen LogP contribution in [0.5, 0.6) is 0 Å². The molecule has 0 aromatic carbocycles. The van der Waals surface area contributed by atoms with Gasteiger partial charge in [0, 0.05) is 5.92 Å². The molecule has 3 nitrogen and oxygen atoms in total. The van der Waals surface area contributed by atoms with Gasteiger partial charge in [-0.25, -0.2) is 0 Å². The summed E-state index contributed by atoms with van der Waals surface area (Å²) in [7, 11) is 0. The summed E-state index contributed by atoms with van der Waals surface area (Å²) in [5, 5.41) is 14.9. The van der Waals surface area contributed by atoms with E-state index in [4.69, 9.17) is 0 Å². The molecule has 0 radical (unpaired) electrons. The molecule has 1 saturated carbocycles. The van der Waals surface area contributed by atoms with Crippen molar-refractivity contribution in [2.75, 3.05) is 6.54 Å². The Morgan fingerprint density at radius 1 is 1.14 bits per heavy atom. The number of hydrogen-bond donors (Lipinski definition) is 1. The molecule has 2 rings (SSSR count). The highest BCUT2D eigenvalue weighted by molar-refractivity contribution is 7.11. The SMILES string of the molecule is CCCCC1CCC(c2nnc(C(CC)NCC)s2)CC1. The molecule has 1 aliphatic carbocycles. The van der Waals surface area contributed by atoms with Crippen molar-refractivity contribution in [2.24, 2.45) is 5.92 Å². The van der Waals surface area contributed by atoms with Crippen molar-refractivity contribution in [1.29, 1.82) is 0 Å². The fourth-order valence-electron chi connectivity index (χ4n) is 3.40. The van der Waals surface area contributed by atoms with E-state index in [9.17, 15) is 0 Å². The van der Waals surface area contributed by atoms with Crippen molar-refractivity contribution in [3.05, 3.63) is 10.0 Å². The fourth-order valence-corrected chi connectivity index (χ4v) is 4.57. The molecule has 1 heterocycles. The van der Waals surface area contributed by atoms with Crippen LogP contribution in [0.15, 0.2) is 0 Å². The van der Waals surface area contributed by atoms with Gasteiger partial charge >= 0.3 is 0 Å². The van der Waals surface area contributed by atoms with Crippen molar-refractivity contribution in [3.8, 4) is 0 Å². The minimum Gasteiger partial charge on any atom is -0.308 e. The third-order valence-electron chi connectivity index (χ3n) is 4.78. The van der Waals surface area contributed by atoms with E-state index in [0.717, 1.165) is 18.9 Å². The number of aromatic nitrogens is 2. The van der Waals surface area contributed by atoms with Crippen LogP contribution in [0.25, 0.3) is 0 Å². The summed E-state index contributed by atoms with van der Waals surface area (Å²) in [5.41, 5.74) is 0. The number of rotatable bonds is 8. The molecule has 4 heteroatoms. The molecule has 0 bridgehead atoms. The second-order valence-corrected chi connectivity index (χ2v) is 7.40. The van der Waals surface area contributed by atoms with Gasteiger partial charge in [0.15, 0.2) is 0 Å². The predicted molar refractivity (Wildman–Crippen MR) is 90.8 cm³/mol. The topological polar surface area (TPSA) is 37.8 Å². The lowest BCUT2D eigenvalue weighted by Gasteiger charge is -2.26. The van der Waals surface area contributed by atoms with Crippen LogP contribution in [0.4, 0.5) is 0 Å². The van der Waals surface area contributed by atoms with Gasteiger partial charge in [-0.3, -0.25) is 0 Å². The van der Waals surface area contributed by atoms with E-state index in [1.165, 1.54) is 55.0 Å². The second-order valence-electron chi connectivity index (χ2n) is 6.36. The van der Waals surface area contributed by atoms with Crippen LogP contribution < -0.4 is 5.32 Å². The molecule has 0 aliphatic heterocycles. The maximum absolute atomic E-state index is 4.51. The van der Waals surface area contributed by atoms with E-state index in [2.05, 4.69) is 36.3 Å². The Labute approximate surface area is 133 Å². The number of nitrogens with one attached hydrogen (secondary N) is 1. The number of hydrogen-bond acceptors (Lipinski definition) is 4. The molecule has 1 fully saturated rings. The average molecular weight is 310 g/mol. The van der Waals surface area contributed by atoms with Crippen molar-refractivity contribution < 1.29 is 0 Å². The first-order valence-corrected chi connectivity index (χ1v) is 9.66.